The standard InChI is InChI=1S/C23H32N6O5S/c1-17-12-29(18(2)15-30)23(31)8-5-9-28-13-20(25-26-28)16-34-22(17)14-27(3)35(32,33)21-7-4-6-19(10-21)11-24/h4,6-7,10,13,17-18,22,30H,5,8-9,12,14-16H2,1-3H3/t17-,18+,22-/m1/s1. The molecule has 0 fully saturated rings. The number of likely N-dealkylation sites (N-methyl/N-ethyl adjacent to an activating group) is 1. The Morgan fingerprint density at radius 2 is 2.17 bits per heavy atom. The number of sulfonamides is 1. The second-order valence-electron chi connectivity index (χ2n) is 8.91. The normalized spacial score (nSPS) is 21.0. The van der Waals surface area contributed by atoms with Crippen molar-refractivity contribution in [1.82, 2.24) is 24.2 Å². The van der Waals surface area contributed by atoms with Gasteiger partial charge in [0.15, 0.2) is 0 Å². The van der Waals surface area contributed by atoms with Crippen LogP contribution in [0.15, 0.2) is 35.4 Å². The van der Waals surface area contributed by atoms with Gasteiger partial charge in [0, 0.05) is 39.0 Å². The van der Waals surface area contributed by atoms with Crippen LogP contribution >= 0.6 is 0 Å². The molecule has 0 saturated carbocycles. The molecule has 0 saturated heterocycles. The third-order valence-electron chi connectivity index (χ3n) is 6.15. The highest BCUT2D eigenvalue weighted by molar-refractivity contribution is 7.89. The lowest BCUT2D eigenvalue weighted by atomic mass is 10.0. The van der Waals surface area contributed by atoms with E-state index in [1.54, 1.807) is 28.8 Å². The molecule has 0 radical (unpaired) electrons. The largest absolute Gasteiger partial charge is 0.394 e. The Bertz CT molecular complexity index is 1160. The molecular formula is C23H32N6O5S. The maximum absolute atomic E-state index is 13.2. The van der Waals surface area contributed by atoms with Crippen molar-refractivity contribution in [3.05, 3.63) is 41.7 Å². The van der Waals surface area contributed by atoms with Crippen molar-refractivity contribution >= 4 is 15.9 Å². The molecule has 1 amide bonds. The number of carbonyl (C=O) groups is 1. The van der Waals surface area contributed by atoms with Gasteiger partial charge < -0.3 is 14.7 Å². The molecule has 35 heavy (non-hydrogen) atoms. The van der Waals surface area contributed by atoms with Gasteiger partial charge in [0.05, 0.1) is 48.1 Å². The Kier molecular flexibility index (Phi) is 8.96. The van der Waals surface area contributed by atoms with Crippen LogP contribution in [-0.4, -0.2) is 82.5 Å². The molecule has 1 aliphatic rings. The molecule has 1 aromatic heterocycles. The molecule has 0 spiro atoms. The van der Waals surface area contributed by atoms with Crippen molar-refractivity contribution in [2.45, 2.75) is 56.9 Å². The summed E-state index contributed by atoms with van der Waals surface area (Å²) >= 11 is 0. The highest BCUT2D eigenvalue weighted by Gasteiger charge is 2.31. The van der Waals surface area contributed by atoms with Crippen molar-refractivity contribution in [3.8, 4) is 6.07 Å². The zero-order valence-electron chi connectivity index (χ0n) is 20.2. The number of hydrogen-bond donors (Lipinski definition) is 1. The molecule has 3 rings (SSSR count). The minimum atomic E-state index is -3.89. The molecule has 1 aromatic carbocycles. The Balaban J connectivity index is 1.87. The van der Waals surface area contributed by atoms with Crippen LogP contribution in [0.2, 0.25) is 0 Å². The van der Waals surface area contributed by atoms with Gasteiger partial charge in [0.1, 0.15) is 5.69 Å². The fourth-order valence-electron chi connectivity index (χ4n) is 3.95. The Morgan fingerprint density at radius 3 is 2.89 bits per heavy atom. The van der Waals surface area contributed by atoms with Gasteiger partial charge in [-0.05, 0) is 31.5 Å². The molecule has 11 nitrogen and oxygen atoms in total. The summed E-state index contributed by atoms with van der Waals surface area (Å²) in [4.78, 5) is 14.6. The predicted molar refractivity (Wildman–Crippen MR) is 126 cm³/mol. The number of aliphatic hydroxyl groups excluding tert-OH is 1. The van der Waals surface area contributed by atoms with E-state index in [-0.39, 0.29) is 48.1 Å². The zero-order chi connectivity index (χ0) is 25.6. The topological polar surface area (TPSA) is 142 Å². The molecule has 1 N–H and O–H groups in total. The SMILES string of the molecule is C[C@@H]1CN([C@@H](C)CO)C(=O)CCCn2cc(nn2)CO[C@@H]1CN(C)S(=O)(=O)c1cccc(C#N)c1. The fraction of sp³-hybridized carbons (Fsp3) is 0.565. The lowest BCUT2D eigenvalue weighted by Crippen LogP contribution is -2.47. The highest BCUT2D eigenvalue weighted by Crippen LogP contribution is 2.21. The second kappa shape index (κ2) is 11.7. The molecule has 2 heterocycles. The summed E-state index contributed by atoms with van der Waals surface area (Å²) in [5.41, 5.74) is 0.863. The monoisotopic (exact) mass is 504 g/mol. The van der Waals surface area contributed by atoms with Gasteiger partial charge in [0.25, 0.3) is 0 Å². The number of hydrogen-bond acceptors (Lipinski definition) is 8. The van der Waals surface area contributed by atoms with Crippen LogP contribution < -0.4 is 0 Å². The third-order valence-corrected chi connectivity index (χ3v) is 7.97. The van der Waals surface area contributed by atoms with Gasteiger partial charge in [-0.3, -0.25) is 9.48 Å². The number of aryl methyl sites for hydroxylation is 1. The summed E-state index contributed by atoms with van der Waals surface area (Å²) in [6, 6.07) is 7.42. The fourth-order valence-corrected chi connectivity index (χ4v) is 5.18. The minimum Gasteiger partial charge on any atom is -0.394 e. The Morgan fingerprint density at radius 1 is 1.40 bits per heavy atom. The number of carbonyl (C=O) groups excluding carboxylic acids is 1. The number of fused-ring (bicyclic) bond motifs is 2. The predicted octanol–water partition coefficient (Wildman–Crippen LogP) is 0.995. The first-order valence-electron chi connectivity index (χ1n) is 11.5. The van der Waals surface area contributed by atoms with Crippen molar-refractivity contribution in [1.29, 1.82) is 5.26 Å². The highest BCUT2D eigenvalue weighted by atomic mass is 32.2. The molecule has 0 unspecified atom stereocenters. The quantitative estimate of drug-likeness (QED) is 0.614. The molecule has 0 aliphatic carbocycles. The van der Waals surface area contributed by atoms with Crippen LogP contribution in [-0.2, 0) is 32.7 Å². The average Bonchev–Trinajstić information content (AvgIpc) is 3.31. The van der Waals surface area contributed by atoms with Crippen molar-refractivity contribution in [2.75, 3.05) is 26.7 Å². The van der Waals surface area contributed by atoms with Gasteiger partial charge in [-0.1, -0.05) is 18.2 Å². The van der Waals surface area contributed by atoms with Crippen LogP contribution in [0.5, 0.6) is 0 Å². The molecule has 2 bridgehead atoms. The summed E-state index contributed by atoms with van der Waals surface area (Å²) in [5.74, 6) is -0.349. The van der Waals surface area contributed by atoms with Gasteiger partial charge in [0.2, 0.25) is 15.9 Å². The van der Waals surface area contributed by atoms with E-state index in [2.05, 4.69) is 10.3 Å². The van der Waals surface area contributed by atoms with Gasteiger partial charge in [-0.15, -0.1) is 5.10 Å². The number of nitriles is 1. The number of aliphatic hydroxyl groups is 1. The van der Waals surface area contributed by atoms with Crippen LogP contribution in [0.1, 0.15) is 37.9 Å². The zero-order valence-corrected chi connectivity index (χ0v) is 21.1. The van der Waals surface area contributed by atoms with Crippen LogP contribution in [0.4, 0.5) is 0 Å². The van der Waals surface area contributed by atoms with Crippen LogP contribution in [0, 0.1) is 17.2 Å². The number of aromatic nitrogens is 3. The number of ether oxygens (including phenoxy) is 1. The maximum Gasteiger partial charge on any atom is 0.242 e. The van der Waals surface area contributed by atoms with Crippen molar-refractivity contribution in [2.24, 2.45) is 5.92 Å². The van der Waals surface area contributed by atoms with Gasteiger partial charge in [-0.25, -0.2) is 8.42 Å². The molecule has 12 heteroatoms. The molecular weight excluding hydrogens is 472 g/mol. The molecule has 190 valence electrons. The van der Waals surface area contributed by atoms with E-state index >= 15 is 0 Å². The number of amides is 1. The lowest BCUT2D eigenvalue weighted by molar-refractivity contribution is -0.136. The summed E-state index contributed by atoms with van der Waals surface area (Å²) in [6.07, 6.45) is 2.05. The van der Waals surface area contributed by atoms with Crippen LogP contribution in [0.3, 0.4) is 0 Å². The van der Waals surface area contributed by atoms with E-state index in [0.29, 0.717) is 31.6 Å². The first kappa shape index (κ1) is 26.7. The van der Waals surface area contributed by atoms with E-state index in [1.807, 2.05) is 13.0 Å². The van der Waals surface area contributed by atoms with Gasteiger partial charge >= 0.3 is 0 Å². The maximum atomic E-state index is 13.2. The smallest absolute Gasteiger partial charge is 0.242 e. The Labute approximate surface area is 205 Å². The van der Waals surface area contributed by atoms with E-state index in [4.69, 9.17) is 10.00 Å². The van der Waals surface area contributed by atoms with Gasteiger partial charge in [-0.2, -0.15) is 9.57 Å². The summed E-state index contributed by atoms with van der Waals surface area (Å²) < 4.78 is 35.4. The lowest BCUT2D eigenvalue weighted by Gasteiger charge is -2.35. The van der Waals surface area contributed by atoms with E-state index in [1.165, 1.54) is 29.6 Å². The average molecular weight is 505 g/mol. The molecule has 1 aliphatic heterocycles. The van der Waals surface area contributed by atoms with Crippen LogP contribution in [0.25, 0.3) is 0 Å². The minimum absolute atomic E-state index is 0.0178. The molecule has 3 atom stereocenters. The Hall–Kier alpha value is -2.85. The number of benzene rings is 1. The summed E-state index contributed by atoms with van der Waals surface area (Å²) in [5, 5.41) is 27.0. The number of rotatable bonds is 6. The second-order valence-corrected chi connectivity index (χ2v) is 11.0. The van der Waals surface area contributed by atoms with E-state index in [9.17, 15) is 18.3 Å². The van der Waals surface area contributed by atoms with E-state index < -0.39 is 16.1 Å². The third kappa shape index (κ3) is 6.64. The van der Waals surface area contributed by atoms with Crippen molar-refractivity contribution in [3.63, 3.8) is 0 Å². The van der Waals surface area contributed by atoms with E-state index in [0.717, 1.165) is 0 Å². The summed E-state index contributed by atoms with van der Waals surface area (Å²) in [7, 11) is -2.43. The first-order valence-corrected chi connectivity index (χ1v) is 13.0. The number of nitrogens with zero attached hydrogens (tertiary/aromatic N) is 6. The van der Waals surface area contributed by atoms with Crippen molar-refractivity contribution < 1.29 is 23.1 Å². The first-order chi connectivity index (χ1) is 16.6. The summed E-state index contributed by atoms with van der Waals surface area (Å²) in [6.45, 7) is 4.47. The molecule has 2 aromatic rings.